The number of hydrogen-bond acceptors (Lipinski definition) is 3. The summed E-state index contributed by atoms with van der Waals surface area (Å²) in [4.78, 5) is 12.1. The Morgan fingerprint density at radius 1 is 1.33 bits per heavy atom. The Hall–Kier alpha value is -1.82. The van der Waals surface area contributed by atoms with E-state index in [9.17, 15) is 4.79 Å². The van der Waals surface area contributed by atoms with Crippen LogP contribution in [0.3, 0.4) is 0 Å². The molecule has 3 nitrogen and oxygen atoms in total. The Morgan fingerprint density at radius 2 is 1.89 bits per heavy atom. The number of carbonyl (C=O) groups excluding carboxylic acids is 1. The van der Waals surface area contributed by atoms with Gasteiger partial charge in [0.25, 0.3) is 0 Å². The minimum Gasteiger partial charge on any atom is -0.497 e. The summed E-state index contributed by atoms with van der Waals surface area (Å²) in [5.74, 6) is 0.175. The molecule has 96 valence electrons. The molecule has 0 saturated carbocycles. The van der Waals surface area contributed by atoms with Crippen LogP contribution in [0.5, 0.6) is 5.75 Å². The molecule has 0 fully saturated rings. The van der Waals surface area contributed by atoms with Gasteiger partial charge >= 0.3 is 0 Å². The van der Waals surface area contributed by atoms with Crippen molar-refractivity contribution >= 4 is 5.78 Å². The van der Waals surface area contributed by atoms with Crippen LogP contribution in [0.2, 0.25) is 0 Å². The largest absolute Gasteiger partial charge is 0.497 e. The zero-order chi connectivity index (χ0) is 13.8. The van der Waals surface area contributed by atoms with Gasteiger partial charge in [0.05, 0.1) is 13.2 Å². The molecule has 0 amide bonds. The van der Waals surface area contributed by atoms with Crippen LogP contribution in [0.1, 0.15) is 26.3 Å². The van der Waals surface area contributed by atoms with Gasteiger partial charge in [0.2, 0.25) is 0 Å². The molecule has 1 aromatic carbocycles. The summed E-state index contributed by atoms with van der Waals surface area (Å²) in [5, 5.41) is 9.13. The topological polar surface area (TPSA) is 50.1 Å². The predicted molar refractivity (Wildman–Crippen MR) is 70.3 cm³/mol. The third-order valence-electron chi connectivity index (χ3n) is 2.81. The highest BCUT2D eigenvalue weighted by Gasteiger charge is 2.29. The van der Waals surface area contributed by atoms with Crippen LogP contribution >= 0.6 is 0 Å². The molecule has 0 N–H and O–H groups in total. The van der Waals surface area contributed by atoms with Crippen LogP contribution < -0.4 is 4.74 Å². The molecule has 0 bridgehead atoms. The Kier molecular flexibility index (Phi) is 4.49. The van der Waals surface area contributed by atoms with E-state index in [1.165, 1.54) is 0 Å². The number of nitrogens with zero attached hydrogens (tertiary/aromatic N) is 1. The third-order valence-corrected chi connectivity index (χ3v) is 2.81. The molecule has 1 atom stereocenters. The van der Waals surface area contributed by atoms with Crippen molar-refractivity contribution in [1.82, 2.24) is 0 Å². The van der Waals surface area contributed by atoms with Crippen LogP contribution in [-0.2, 0) is 11.2 Å². The number of ketones is 1. The fraction of sp³-hybridized carbons (Fsp3) is 0.467. The van der Waals surface area contributed by atoms with E-state index >= 15 is 0 Å². The molecule has 0 heterocycles. The van der Waals surface area contributed by atoms with E-state index in [2.05, 4.69) is 6.07 Å². The van der Waals surface area contributed by atoms with Crippen molar-refractivity contribution in [1.29, 1.82) is 5.26 Å². The average Bonchev–Trinajstić information content (AvgIpc) is 2.34. The number of nitriles is 1. The van der Waals surface area contributed by atoms with Gasteiger partial charge in [0.1, 0.15) is 11.7 Å². The lowest BCUT2D eigenvalue weighted by atomic mass is 9.81. The van der Waals surface area contributed by atoms with E-state index in [4.69, 9.17) is 10.00 Å². The average molecular weight is 245 g/mol. The third kappa shape index (κ3) is 3.59. The van der Waals surface area contributed by atoms with Crippen molar-refractivity contribution in [3.63, 3.8) is 0 Å². The summed E-state index contributed by atoms with van der Waals surface area (Å²) in [6.45, 7) is 5.52. The SMILES string of the molecule is COc1ccc(CC(C#N)C(=O)C(C)(C)C)cc1. The molecule has 0 aliphatic heterocycles. The van der Waals surface area contributed by atoms with Crippen LogP contribution in [0, 0.1) is 22.7 Å². The highest BCUT2D eigenvalue weighted by atomic mass is 16.5. The molecule has 0 aliphatic rings. The molecule has 0 spiro atoms. The fourth-order valence-corrected chi connectivity index (χ4v) is 1.72. The molecule has 1 rings (SSSR count). The van der Waals surface area contributed by atoms with Gasteiger partial charge in [0, 0.05) is 5.41 Å². The molecule has 18 heavy (non-hydrogen) atoms. The van der Waals surface area contributed by atoms with Crippen LogP contribution in [0.25, 0.3) is 0 Å². The molecule has 0 aromatic heterocycles. The maximum atomic E-state index is 12.1. The molecule has 0 radical (unpaired) electrons. The Bertz CT molecular complexity index is 449. The second-order valence-electron chi connectivity index (χ2n) is 5.35. The first kappa shape index (κ1) is 14.2. The minimum atomic E-state index is -0.585. The number of benzene rings is 1. The molecule has 0 saturated heterocycles. The monoisotopic (exact) mass is 245 g/mol. The van der Waals surface area contributed by atoms with Crippen molar-refractivity contribution < 1.29 is 9.53 Å². The van der Waals surface area contributed by atoms with Crippen LogP contribution in [0.4, 0.5) is 0 Å². The molecule has 0 aliphatic carbocycles. The smallest absolute Gasteiger partial charge is 0.155 e. The van der Waals surface area contributed by atoms with Gasteiger partial charge in [-0.15, -0.1) is 0 Å². The molecular formula is C15H19NO2. The van der Waals surface area contributed by atoms with Gasteiger partial charge in [-0.25, -0.2) is 0 Å². The van der Waals surface area contributed by atoms with Gasteiger partial charge in [-0.1, -0.05) is 32.9 Å². The molecule has 3 heteroatoms. The standard InChI is InChI=1S/C15H19NO2/c1-15(2,3)14(17)12(10-16)9-11-5-7-13(18-4)8-6-11/h5-8,12H,9H2,1-4H3. The first-order chi connectivity index (χ1) is 8.38. The van der Waals surface area contributed by atoms with Gasteiger partial charge < -0.3 is 4.74 Å². The van der Waals surface area contributed by atoms with E-state index in [0.29, 0.717) is 6.42 Å². The van der Waals surface area contributed by atoms with Gasteiger partial charge in [-0.2, -0.15) is 5.26 Å². The number of hydrogen-bond donors (Lipinski definition) is 0. The molecule has 1 aromatic rings. The maximum absolute atomic E-state index is 12.1. The first-order valence-electron chi connectivity index (χ1n) is 5.95. The number of ether oxygens (including phenoxy) is 1. The minimum absolute atomic E-state index is 0.0131. The number of Topliss-reactive ketones (excluding diaryl/α,β-unsaturated/α-hetero) is 1. The van der Waals surface area contributed by atoms with Crippen molar-refractivity contribution in [3.05, 3.63) is 29.8 Å². The summed E-state index contributed by atoms with van der Waals surface area (Å²) < 4.78 is 5.07. The number of carbonyl (C=O) groups is 1. The zero-order valence-electron chi connectivity index (χ0n) is 11.4. The number of methoxy groups -OCH3 is 1. The van der Waals surface area contributed by atoms with E-state index in [1.54, 1.807) is 7.11 Å². The fourth-order valence-electron chi connectivity index (χ4n) is 1.72. The summed E-state index contributed by atoms with van der Waals surface area (Å²) in [7, 11) is 1.61. The van der Waals surface area contributed by atoms with Crippen LogP contribution in [-0.4, -0.2) is 12.9 Å². The van der Waals surface area contributed by atoms with Crippen molar-refractivity contribution in [2.45, 2.75) is 27.2 Å². The Labute approximate surface area is 108 Å². The lowest BCUT2D eigenvalue weighted by Crippen LogP contribution is -2.28. The summed E-state index contributed by atoms with van der Waals surface area (Å²) in [5.41, 5.74) is 0.493. The van der Waals surface area contributed by atoms with Gasteiger partial charge in [-0.3, -0.25) is 4.79 Å². The van der Waals surface area contributed by atoms with Crippen molar-refractivity contribution in [2.24, 2.45) is 11.3 Å². The quantitative estimate of drug-likeness (QED) is 0.819. The molecule has 1 unspecified atom stereocenters. The van der Waals surface area contributed by atoms with E-state index in [1.807, 2.05) is 45.0 Å². The van der Waals surface area contributed by atoms with Gasteiger partial charge in [0.15, 0.2) is 5.78 Å². The lowest BCUT2D eigenvalue weighted by Gasteiger charge is -2.20. The second kappa shape index (κ2) is 5.68. The summed E-state index contributed by atoms with van der Waals surface area (Å²) in [6.07, 6.45) is 0.455. The molecular weight excluding hydrogens is 226 g/mol. The maximum Gasteiger partial charge on any atom is 0.155 e. The Balaban J connectivity index is 2.81. The Morgan fingerprint density at radius 3 is 2.28 bits per heavy atom. The normalized spacial score (nSPS) is 12.6. The summed E-state index contributed by atoms with van der Waals surface area (Å²) in [6, 6.07) is 9.56. The zero-order valence-corrected chi connectivity index (χ0v) is 11.4. The van der Waals surface area contributed by atoms with Crippen molar-refractivity contribution in [3.8, 4) is 11.8 Å². The van der Waals surface area contributed by atoms with Crippen LogP contribution in [0.15, 0.2) is 24.3 Å². The van der Waals surface area contributed by atoms with E-state index in [0.717, 1.165) is 11.3 Å². The highest BCUT2D eigenvalue weighted by Crippen LogP contribution is 2.23. The second-order valence-corrected chi connectivity index (χ2v) is 5.35. The van der Waals surface area contributed by atoms with E-state index < -0.39 is 11.3 Å². The summed E-state index contributed by atoms with van der Waals surface area (Å²) >= 11 is 0. The highest BCUT2D eigenvalue weighted by molar-refractivity contribution is 5.88. The lowest BCUT2D eigenvalue weighted by molar-refractivity contribution is -0.128. The van der Waals surface area contributed by atoms with E-state index in [-0.39, 0.29) is 5.78 Å². The van der Waals surface area contributed by atoms with Gasteiger partial charge in [-0.05, 0) is 24.1 Å². The van der Waals surface area contributed by atoms with Crippen molar-refractivity contribution in [2.75, 3.05) is 7.11 Å². The number of rotatable bonds is 4. The first-order valence-corrected chi connectivity index (χ1v) is 5.95. The predicted octanol–water partition coefficient (Wildman–Crippen LogP) is 2.99.